The zero-order valence-corrected chi connectivity index (χ0v) is 18.6. The van der Waals surface area contributed by atoms with Gasteiger partial charge in [-0.05, 0) is 26.0 Å². The van der Waals surface area contributed by atoms with Crippen LogP contribution in [0, 0.1) is 6.92 Å². The molecule has 0 aliphatic carbocycles. The van der Waals surface area contributed by atoms with Gasteiger partial charge in [0, 0.05) is 46.8 Å². The maximum atomic E-state index is 11.8. The molecule has 3 amide bonds. The van der Waals surface area contributed by atoms with Crippen LogP contribution in [0.25, 0.3) is 0 Å². The molecule has 0 bridgehead atoms. The topological polar surface area (TPSA) is 118 Å². The predicted octanol–water partition coefficient (Wildman–Crippen LogP) is -0.152. The number of anilines is 1. The van der Waals surface area contributed by atoms with Gasteiger partial charge < -0.3 is 20.4 Å². The first kappa shape index (κ1) is 22.5. The van der Waals surface area contributed by atoms with Crippen LogP contribution in [0.1, 0.15) is 23.1 Å². The molecular formula is C20H31N9O2. The van der Waals surface area contributed by atoms with Crippen LogP contribution in [0.4, 0.5) is 10.5 Å². The molecule has 3 heterocycles. The maximum absolute atomic E-state index is 11.8. The van der Waals surface area contributed by atoms with Gasteiger partial charge in [0.25, 0.3) is 5.91 Å². The van der Waals surface area contributed by atoms with Crippen molar-refractivity contribution in [1.82, 2.24) is 30.7 Å². The second-order valence-corrected chi connectivity index (χ2v) is 7.48. The molecule has 3 rings (SSSR count). The number of urea groups is 1. The van der Waals surface area contributed by atoms with E-state index in [2.05, 4.69) is 40.7 Å². The van der Waals surface area contributed by atoms with E-state index in [1.54, 1.807) is 13.1 Å². The quantitative estimate of drug-likeness (QED) is 0.599. The van der Waals surface area contributed by atoms with Crippen molar-refractivity contribution in [2.75, 3.05) is 64.9 Å². The first-order chi connectivity index (χ1) is 14.9. The number of nitrogens with one attached hydrogen (secondary N) is 3. The molecule has 2 aliphatic heterocycles. The number of aromatic nitrogens is 1. The van der Waals surface area contributed by atoms with Gasteiger partial charge in [0.15, 0.2) is 0 Å². The molecule has 1 aromatic rings. The SMILES string of the molecule is CCNC(=O)NC1=NCN(C)C(CN2CCN(c3ccc(C(=O)NC)nc3C)CC2)=N1. The third kappa shape index (κ3) is 5.69. The van der Waals surface area contributed by atoms with Crippen molar-refractivity contribution in [3.63, 3.8) is 0 Å². The zero-order chi connectivity index (χ0) is 22.4. The van der Waals surface area contributed by atoms with Crippen LogP contribution in [0.2, 0.25) is 0 Å². The minimum atomic E-state index is -0.297. The van der Waals surface area contributed by atoms with E-state index in [0.29, 0.717) is 31.4 Å². The van der Waals surface area contributed by atoms with E-state index in [9.17, 15) is 9.59 Å². The summed E-state index contributed by atoms with van der Waals surface area (Å²) in [5, 5.41) is 7.97. The zero-order valence-electron chi connectivity index (χ0n) is 18.6. The molecule has 31 heavy (non-hydrogen) atoms. The lowest BCUT2D eigenvalue weighted by Gasteiger charge is -2.37. The standard InChI is InChI=1S/C20H31N9O2/c1-5-22-20(31)26-19-23-13-27(4)17(25-19)12-28-8-10-29(11-9-28)16-7-6-15(18(30)21-3)24-14(16)2/h6-7H,5,8-13H2,1-4H3,(H,21,30)(H2,22,23,26,31). The largest absolute Gasteiger partial charge is 0.368 e. The number of amidine groups is 1. The molecule has 3 N–H and O–H groups in total. The number of rotatable bonds is 5. The van der Waals surface area contributed by atoms with Crippen molar-refractivity contribution >= 4 is 29.4 Å². The number of likely N-dealkylation sites (N-methyl/N-ethyl adjacent to an activating group) is 1. The Hall–Kier alpha value is -3.21. The molecule has 0 unspecified atom stereocenters. The van der Waals surface area contributed by atoms with Crippen molar-refractivity contribution in [2.45, 2.75) is 13.8 Å². The predicted molar refractivity (Wildman–Crippen MR) is 121 cm³/mol. The number of amides is 3. The number of carbonyl (C=O) groups is 2. The molecule has 11 heteroatoms. The van der Waals surface area contributed by atoms with Crippen LogP contribution in [-0.4, -0.2) is 98.5 Å². The summed E-state index contributed by atoms with van der Waals surface area (Å²) in [7, 11) is 3.55. The molecule has 0 aromatic carbocycles. The van der Waals surface area contributed by atoms with Gasteiger partial charge in [-0.25, -0.2) is 14.8 Å². The number of carbonyl (C=O) groups excluding carboxylic acids is 2. The van der Waals surface area contributed by atoms with Gasteiger partial charge in [0.2, 0.25) is 5.96 Å². The summed E-state index contributed by atoms with van der Waals surface area (Å²) >= 11 is 0. The summed E-state index contributed by atoms with van der Waals surface area (Å²) < 4.78 is 0. The second-order valence-electron chi connectivity index (χ2n) is 7.48. The number of guanidine groups is 1. The Balaban J connectivity index is 1.57. The third-order valence-corrected chi connectivity index (χ3v) is 5.27. The number of aryl methyl sites for hydroxylation is 1. The van der Waals surface area contributed by atoms with E-state index in [1.807, 2.05) is 31.9 Å². The molecule has 0 atom stereocenters. The lowest BCUT2D eigenvalue weighted by atomic mass is 10.2. The summed E-state index contributed by atoms with van der Waals surface area (Å²) in [5.74, 6) is 1.04. The highest BCUT2D eigenvalue weighted by Gasteiger charge is 2.23. The van der Waals surface area contributed by atoms with E-state index in [4.69, 9.17) is 0 Å². The summed E-state index contributed by atoms with van der Waals surface area (Å²) in [6.07, 6.45) is 0. The maximum Gasteiger partial charge on any atom is 0.321 e. The van der Waals surface area contributed by atoms with Gasteiger partial charge in [-0.2, -0.15) is 4.99 Å². The first-order valence-electron chi connectivity index (χ1n) is 10.5. The van der Waals surface area contributed by atoms with Crippen molar-refractivity contribution in [3.8, 4) is 0 Å². The molecule has 11 nitrogen and oxygen atoms in total. The molecule has 168 valence electrons. The van der Waals surface area contributed by atoms with Crippen LogP contribution >= 0.6 is 0 Å². The number of piperazine rings is 1. The average molecular weight is 430 g/mol. The Labute approximate surface area is 182 Å². The fourth-order valence-corrected chi connectivity index (χ4v) is 3.52. The highest BCUT2D eigenvalue weighted by molar-refractivity contribution is 6.04. The summed E-state index contributed by atoms with van der Waals surface area (Å²) in [6.45, 7) is 8.95. The Kier molecular flexibility index (Phi) is 7.40. The lowest BCUT2D eigenvalue weighted by Crippen LogP contribution is -2.51. The molecule has 1 fully saturated rings. The average Bonchev–Trinajstić information content (AvgIpc) is 2.76. The molecular weight excluding hydrogens is 398 g/mol. The highest BCUT2D eigenvalue weighted by atomic mass is 16.2. The molecule has 0 spiro atoms. The minimum absolute atomic E-state index is 0.179. The van der Waals surface area contributed by atoms with Crippen molar-refractivity contribution in [3.05, 3.63) is 23.5 Å². The summed E-state index contributed by atoms with van der Waals surface area (Å²) in [4.78, 5) is 43.4. The molecule has 1 aromatic heterocycles. The van der Waals surface area contributed by atoms with Gasteiger partial charge in [-0.15, -0.1) is 0 Å². The van der Waals surface area contributed by atoms with Gasteiger partial charge in [-0.3, -0.25) is 15.0 Å². The lowest BCUT2D eigenvalue weighted by molar-refractivity contribution is 0.0958. The Morgan fingerprint density at radius 3 is 2.55 bits per heavy atom. The van der Waals surface area contributed by atoms with Crippen LogP contribution in [0.5, 0.6) is 0 Å². The van der Waals surface area contributed by atoms with Crippen molar-refractivity contribution in [2.24, 2.45) is 9.98 Å². The van der Waals surface area contributed by atoms with Crippen LogP contribution < -0.4 is 20.9 Å². The molecule has 0 radical (unpaired) electrons. The van der Waals surface area contributed by atoms with Crippen molar-refractivity contribution in [1.29, 1.82) is 0 Å². The second kappa shape index (κ2) is 10.2. The number of hydrogen-bond donors (Lipinski definition) is 3. The Morgan fingerprint density at radius 1 is 1.16 bits per heavy atom. The Bertz CT molecular complexity index is 875. The number of aliphatic imine (C=N–C) groups is 2. The van der Waals surface area contributed by atoms with Crippen LogP contribution in [-0.2, 0) is 0 Å². The van der Waals surface area contributed by atoms with E-state index in [1.165, 1.54) is 0 Å². The van der Waals surface area contributed by atoms with E-state index in [-0.39, 0.29) is 11.9 Å². The fraction of sp³-hybridized carbons (Fsp3) is 0.550. The summed E-state index contributed by atoms with van der Waals surface area (Å²) in [5.41, 5.74) is 2.34. The Morgan fingerprint density at radius 2 is 1.90 bits per heavy atom. The van der Waals surface area contributed by atoms with Gasteiger partial charge in [0.1, 0.15) is 18.2 Å². The first-order valence-corrected chi connectivity index (χ1v) is 10.5. The van der Waals surface area contributed by atoms with Crippen molar-refractivity contribution < 1.29 is 9.59 Å². The van der Waals surface area contributed by atoms with E-state index >= 15 is 0 Å². The molecule has 2 aliphatic rings. The summed E-state index contributed by atoms with van der Waals surface area (Å²) in [6, 6.07) is 3.44. The normalized spacial score (nSPS) is 17.0. The smallest absolute Gasteiger partial charge is 0.321 e. The van der Waals surface area contributed by atoms with E-state index in [0.717, 1.165) is 43.4 Å². The third-order valence-electron chi connectivity index (χ3n) is 5.27. The number of pyridine rings is 1. The highest BCUT2D eigenvalue weighted by Crippen LogP contribution is 2.20. The number of hydrogen-bond acceptors (Lipinski definition) is 8. The van der Waals surface area contributed by atoms with Gasteiger partial charge >= 0.3 is 6.03 Å². The fourth-order valence-electron chi connectivity index (χ4n) is 3.52. The van der Waals surface area contributed by atoms with Gasteiger partial charge in [0.05, 0.1) is 17.9 Å². The number of nitrogens with zero attached hydrogens (tertiary/aromatic N) is 6. The van der Waals surface area contributed by atoms with E-state index < -0.39 is 0 Å². The minimum Gasteiger partial charge on any atom is -0.368 e. The monoisotopic (exact) mass is 429 g/mol. The molecule has 1 saturated heterocycles. The van der Waals surface area contributed by atoms with Gasteiger partial charge in [-0.1, -0.05) is 0 Å². The van der Waals surface area contributed by atoms with Crippen LogP contribution in [0.3, 0.4) is 0 Å². The molecule has 0 saturated carbocycles. The van der Waals surface area contributed by atoms with Crippen LogP contribution in [0.15, 0.2) is 22.1 Å².